The topological polar surface area (TPSA) is 55.4 Å². The Balaban J connectivity index is 1.76. The molecule has 3 rings (SSSR count). The third-order valence-corrected chi connectivity index (χ3v) is 5.92. The average molecular weight is 459 g/mol. The predicted molar refractivity (Wildman–Crippen MR) is 129 cm³/mol. The van der Waals surface area contributed by atoms with Gasteiger partial charge in [0.2, 0.25) is 0 Å². The Morgan fingerprint density at radius 2 is 1.03 bits per heavy atom. The van der Waals surface area contributed by atoms with Crippen LogP contribution in [0.5, 0.6) is 0 Å². The van der Waals surface area contributed by atoms with E-state index >= 15 is 0 Å². The lowest BCUT2D eigenvalue weighted by Gasteiger charge is -2.33. The van der Waals surface area contributed by atoms with Crippen LogP contribution in [0.3, 0.4) is 0 Å². The summed E-state index contributed by atoms with van der Waals surface area (Å²) in [6, 6.07) is 13.3. The molecule has 2 aromatic rings. The van der Waals surface area contributed by atoms with Gasteiger partial charge >= 0.3 is 0 Å². The van der Waals surface area contributed by atoms with E-state index < -0.39 is 5.60 Å². The highest BCUT2D eigenvalue weighted by atomic mass is 16.6. The first-order valence-electron chi connectivity index (χ1n) is 11.7. The molecule has 2 aromatic carbocycles. The number of benzene rings is 2. The fourth-order valence-electron chi connectivity index (χ4n) is 4.30. The Morgan fingerprint density at radius 3 is 1.55 bits per heavy atom. The van der Waals surface area contributed by atoms with Crippen LogP contribution in [0.4, 0.5) is 0 Å². The second-order valence-corrected chi connectivity index (χ2v) is 8.35. The SMILES string of the molecule is COCCOCCOCCC1(OCCOCCOC)c2cc(C)ccc2-c2ccc(C)cc21. The smallest absolute Gasteiger partial charge is 0.122 e. The van der Waals surface area contributed by atoms with Crippen LogP contribution in [0.25, 0.3) is 11.1 Å². The van der Waals surface area contributed by atoms with Crippen molar-refractivity contribution in [2.45, 2.75) is 25.9 Å². The molecule has 6 heteroatoms. The second kappa shape index (κ2) is 13.2. The predicted octanol–water partition coefficient (Wildman–Crippen LogP) is 4.28. The van der Waals surface area contributed by atoms with Crippen molar-refractivity contribution in [3.8, 4) is 11.1 Å². The second-order valence-electron chi connectivity index (χ2n) is 8.35. The molecule has 0 amide bonds. The van der Waals surface area contributed by atoms with E-state index in [9.17, 15) is 0 Å². The third kappa shape index (κ3) is 6.63. The maximum absolute atomic E-state index is 6.70. The Morgan fingerprint density at radius 1 is 0.576 bits per heavy atom. The molecule has 0 N–H and O–H groups in total. The Kier molecular flexibility index (Phi) is 10.3. The van der Waals surface area contributed by atoms with Crippen LogP contribution >= 0.6 is 0 Å². The number of methoxy groups -OCH3 is 2. The molecule has 0 atom stereocenters. The molecule has 0 heterocycles. The number of hydrogen-bond donors (Lipinski definition) is 0. The molecule has 0 unspecified atom stereocenters. The molecule has 33 heavy (non-hydrogen) atoms. The van der Waals surface area contributed by atoms with Crippen LogP contribution in [0, 0.1) is 13.8 Å². The number of aryl methyl sites for hydroxylation is 2. The highest BCUT2D eigenvalue weighted by molar-refractivity contribution is 5.80. The molecule has 0 fully saturated rings. The fourth-order valence-corrected chi connectivity index (χ4v) is 4.30. The van der Waals surface area contributed by atoms with Crippen LogP contribution in [-0.4, -0.2) is 73.7 Å². The van der Waals surface area contributed by atoms with Gasteiger partial charge in [0.1, 0.15) is 5.60 Å². The van der Waals surface area contributed by atoms with E-state index in [4.69, 9.17) is 28.4 Å². The molecule has 0 spiro atoms. The van der Waals surface area contributed by atoms with Crippen molar-refractivity contribution in [2.24, 2.45) is 0 Å². The summed E-state index contributed by atoms with van der Waals surface area (Å²) in [7, 11) is 3.34. The van der Waals surface area contributed by atoms with Crippen LogP contribution in [-0.2, 0) is 34.0 Å². The fraction of sp³-hybridized carbons (Fsp3) is 0.556. The molecule has 0 saturated carbocycles. The summed E-state index contributed by atoms with van der Waals surface area (Å²) in [5.41, 5.74) is 6.76. The molecule has 0 saturated heterocycles. The minimum absolute atomic E-state index is 0.491. The number of hydrogen-bond acceptors (Lipinski definition) is 6. The summed E-state index contributed by atoms with van der Waals surface area (Å²) in [6.07, 6.45) is 0.718. The normalized spacial score (nSPS) is 13.8. The first-order chi connectivity index (χ1) is 16.1. The van der Waals surface area contributed by atoms with Crippen LogP contribution < -0.4 is 0 Å². The van der Waals surface area contributed by atoms with Gasteiger partial charge in [0.05, 0.1) is 59.5 Å². The van der Waals surface area contributed by atoms with Crippen LogP contribution in [0.1, 0.15) is 28.7 Å². The van der Waals surface area contributed by atoms with Crippen molar-refractivity contribution in [3.63, 3.8) is 0 Å². The van der Waals surface area contributed by atoms with E-state index in [2.05, 4.69) is 50.2 Å². The van der Waals surface area contributed by atoms with Gasteiger partial charge in [-0.15, -0.1) is 0 Å². The van der Waals surface area contributed by atoms with Crippen molar-refractivity contribution >= 4 is 0 Å². The van der Waals surface area contributed by atoms with Crippen molar-refractivity contribution in [2.75, 3.05) is 73.7 Å². The van der Waals surface area contributed by atoms with Gasteiger partial charge in [0, 0.05) is 20.6 Å². The molecule has 0 aromatic heterocycles. The maximum atomic E-state index is 6.70. The molecule has 182 valence electrons. The van der Waals surface area contributed by atoms with E-state index in [0.717, 1.165) is 6.42 Å². The lowest BCUT2D eigenvalue weighted by molar-refractivity contribution is -0.0674. The lowest BCUT2D eigenvalue weighted by Crippen LogP contribution is -2.32. The van der Waals surface area contributed by atoms with Gasteiger partial charge in [0.25, 0.3) is 0 Å². The molecule has 1 aliphatic carbocycles. The minimum atomic E-state index is -0.565. The lowest BCUT2D eigenvalue weighted by atomic mass is 9.86. The number of fused-ring (bicyclic) bond motifs is 3. The Hall–Kier alpha value is -1.80. The molecular formula is C27H38O6. The summed E-state index contributed by atoms with van der Waals surface area (Å²) in [5.74, 6) is 0. The maximum Gasteiger partial charge on any atom is 0.122 e. The van der Waals surface area contributed by atoms with Crippen molar-refractivity contribution in [1.29, 1.82) is 0 Å². The van der Waals surface area contributed by atoms with Crippen LogP contribution in [0.15, 0.2) is 36.4 Å². The van der Waals surface area contributed by atoms with E-state index in [0.29, 0.717) is 59.5 Å². The van der Waals surface area contributed by atoms with E-state index in [-0.39, 0.29) is 0 Å². The highest BCUT2D eigenvalue weighted by Gasteiger charge is 2.44. The minimum Gasteiger partial charge on any atom is -0.382 e. The summed E-state index contributed by atoms with van der Waals surface area (Å²) < 4.78 is 33.9. The van der Waals surface area contributed by atoms with Gasteiger partial charge in [-0.1, -0.05) is 47.5 Å². The first kappa shape index (κ1) is 25.8. The molecule has 1 aliphatic rings. The number of rotatable bonds is 16. The zero-order chi connectivity index (χ0) is 23.5. The summed E-state index contributed by atoms with van der Waals surface area (Å²) in [4.78, 5) is 0. The van der Waals surface area contributed by atoms with Gasteiger partial charge in [-0.3, -0.25) is 0 Å². The molecule has 0 aliphatic heterocycles. The molecule has 0 radical (unpaired) electrons. The van der Waals surface area contributed by atoms with Gasteiger partial charge in [-0.05, 0) is 36.1 Å². The Bertz CT molecular complexity index is 814. The quantitative estimate of drug-likeness (QED) is 0.350. The molecule has 6 nitrogen and oxygen atoms in total. The van der Waals surface area contributed by atoms with Gasteiger partial charge in [-0.2, -0.15) is 0 Å². The van der Waals surface area contributed by atoms with E-state index in [1.54, 1.807) is 14.2 Å². The van der Waals surface area contributed by atoms with Crippen molar-refractivity contribution < 1.29 is 28.4 Å². The average Bonchev–Trinajstić information content (AvgIpc) is 3.06. The summed E-state index contributed by atoms with van der Waals surface area (Å²) >= 11 is 0. The van der Waals surface area contributed by atoms with Crippen molar-refractivity contribution in [3.05, 3.63) is 58.7 Å². The molecular weight excluding hydrogens is 420 g/mol. The molecule has 0 bridgehead atoms. The van der Waals surface area contributed by atoms with Gasteiger partial charge in [-0.25, -0.2) is 0 Å². The van der Waals surface area contributed by atoms with Crippen molar-refractivity contribution in [1.82, 2.24) is 0 Å². The van der Waals surface area contributed by atoms with Gasteiger partial charge < -0.3 is 28.4 Å². The Labute approximate surface area is 198 Å². The van der Waals surface area contributed by atoms with Crippen LogP contribution in [0.2, 0.25) is 0 Å². The largest absolute Gasteiger partial charge is 0.382 e. The third-order valence-electron chi connectivity index (χ3n) is 5.92. The van der Waals surface area contributed by atoms with Gasteiger partial charge in [0.15, 0.2) is 0 Å². The highest BCUT2D eigenvalue weighted by Crippen LogP contribution is 2.52. The zero-order valence-corrected chi connectivity index (χ0v) is 20.5. The first-order valence-corrected chi connectivity index (χ1v) is 11.7. The standard InChI is InChI=1S/C27H38O6/c1-21-5-7-23-24-8-6-22(2)20-26(24)27(25(23)19-21,33-18-17-32-14-12-29-4)9-10-30-15-16-31-13-11-28-3/h5-8,19-20H,9-18H2,1-4H3. The zero-order valence-electron chi connectivity index (χ0n) is 20.5. The summed E-state index contributed by atoms with van der Waals surface area (Å²) in [5, 5.41) is 0. The summed E-state index contributed by atoms with van der Waals surface area (Å²) in [6.45, 7) is 9.23. The van der Waals surface area contributed by atoms with E-state index in [1.807, 2.05) is 0 Å². The monoisotopic (exact) mass is 458 g/mol. The number of ether oxygens (including phenoxy) is 6. The van der Waals surface area contributed by atoms with E-state index in [1.165, 1.54) is 33.4 Å².